The van der Waals surface area contributed by atoms with Crippen LogP contribution in [0.15, 0.2) is 82.0 Å². The molecule has 28 heavy (non-hydrogen) atoms. The molecule has 0 unspecified atom stereocenters. The molecule has 6 nitrogen and oxygen atoms in total. The molecule has 6 heteroatoms. The van der Waals surface area contributed by atoms with Gasteiger partial charge in [0.25, 0.3) is 0 Å². The Morgan fingerprint density at radius 3 is 1.46 bits per heavy atom. The van der Waals surface area contributed by atoms with Gasteiger partial charge in [0.2, 0.25) is 0 Å². The summed E-state index contributed by atoms with van der Waals surface area (Å²) in [4.78, 5) is 0. The molecular weight excluding hydrogens is 356 g/mol. The van der Waals surface area contributed by atoms with Gasteiger partial charge in [-0.05, 0) is 59.7 Å². The van der Waals surface area contributed by atoms with E-state index < -0.39 is 0 Å². The average Bonchev–Trinajstić information content (AvgIpc) is 3.40. The van der Waals surface area contributed by atoms with Gasteiger partial charge in [0.15, 0.2) is 0 Å². The van der Waals surface area contributed by atoms with E-state index >= 15 is 0 Å². The highest BCUT2D eigenvalue weighted by Gasteiger charge is 2.08. The van der Waals surface area contributed by atoms with Crippen LogP contribution in [0.5, 0.6) is 11.5 Å². The van der Waals surface area contributed by atoms with Crippen molar-refractivity contribution in [1.29, 1.82) is 0 Å². The van der Waals surface area contributed by atoms with Crippen molar-refractivity contribution in [3.05, 3.63) is 84.7 Å². The van der Waals surface area contributed by atoms with E-state index in [4.69, 9.17) is 29.8 Å². The smallest absolute Gasteiger partial charge is 0.146 e. The summed E-state index contributed by atoms with van der Waals surface area (Å²) in [5.41, 5.74) is 15.3. The van der Waals surface area contributed by atoms with Crippen LogP contribution in [-0.2, 0) is 13.2 Å². The molecule has 0 aliphatic rings. The first kappa shape index (κ1) is 17.6. The highest BCUT2D eigenvalue weighted by Crippen LogP contribution is 2.33. The number of furan rings is 2. The number of nitrogens with two attached hydrogens (primary N) is 2. The Morgan fingerprint density at radius 2 is 1.11 bits per heavy atom. The summed E-state index contributed by atoms with van der Waals surface area (Å²) in [6.45, 7) is 0.649. The number of benzene rings is 2. The van der Waals surface area contributed by atoms with E-state index in [9.17, 15) is 0 Å². The van der Waals surface area contributed by atoms with Crippen LogP contribution in [0.4, 0.5) is 11.4 Å². The molecule has 2 aromatic carbocycles. The van der Waals surface area contributed by atoms with Crippen LogP contribution in [0.2, 0.25) is 0 Å². The van der Waals surface area contributed by atoms with Crippen molar-refractivity contribution in [3.63, 3.8) is 0 Å². The summed E-state index contributed by atoms with van der Waals surface area (Å²) >= 11 is 0. The SMILES string of the molecule is Nc1cc(-c2ccc(OCc3ccco3)c(N)c2)ccc1OCc1ccco1. The third kappa shape index (κ3) is 3.96. The predicted molar refractivity (Wildman–Crippen MR) is 107 cm³/mol. The first-order valence-electron chi connectivity index (χ1n) is 8.79. The monoisotopic (exact) mass is 376 g/mol. The molecule has 0 spiro atoms. The van der Waals surface area contributed by atoms with Gasteiger partial charge in [-0.25, -0.2) is 0 Å². The topological polar surface area (TPSA) is 96.8 Å². The molecular formula is C22H20N2O4. The third-order valence-corrected chi connectivity index (χ3v) is 4.25. The summed E-state index contributed by atoms with van der Waals surface area (Å²) < 4.78 is 21.9. The third-order valence-electron chi connectivity index (χ3n) is 4.25. The summed E-state index contributed by atoms with van der Waals surface area (Å²) in [6.07, 6.45) is 3.22. The van der Waals surface area contributed by atoms with Gasteiger partial charge in [0.05, 0.1) is 23.9 Å². The number of nitrogen functional groups attached to an aromatic ring is 2. The second-order valence-electron chi connectivity index (χ2n) is 6.24. The molecule has 0 atom stereocenters. The van der Waals surface area contributed by atoms with Crippen LogP contribution in [0.1, 0.15) is 11.5 Å². The quantitative estimate of drug-likeness (QED) is 0.447. The molecule has 2 heterocycles. The molecule has 0 bridgehead atoms. The van der Waals surface area contributed by atoms with Gasteiger partial charge in [0, 0.05) is 0 Å². The van der Waals surface area contributed by atoms with Gasteiger partial charge >= 0.3 is 0 Å². The molecule has 0 saturated carbocycles. The molecule has 4 rings (SSSR count). The first-order chi connectivity index (χ1) is 13.7. The molecule has 142 valence electrons. The summed E-state index contributed by atoms with van der Waals surface area (Å²) in [5.74, 6) is 2.68. The Labute approximate surface area is 162 Å². The van der Waals surface area contributed by atoms with Crippen molar-refractivity contribution < 1.29 is 18.3 Å². The molecule has 0 aliphatic heterocycles. The maximum Gasteiger partial charge on any atom is 0.146 e. The molecule has 0 fully saturated rings. The molecule has 4 aromatic rings. The van der Waals surface area contributed by atoms with Crippen LogP contribution >= 0.6 is 0 Å². The minimum atomic E-state index is 0.325. The van der Waals surface area contributed by atoms with Gasteiger partial charge in [-0.2, -0.15) is 0 Å². The lowest BCUT2D eigenvalue weighted by Crippen LogP contribution is -1.99. The number of rotatable bonds is 7. The predicted octanol–water partition coefficient (Wildman–Crippen LogP) is 4.86. The average molecular weight is 376 g/mol. The van der Waals surface area contributed by atoms with E-state index in [1.807, 2.05) is 60.7 Å². The zero-order valence-corrected chi connectivity index (χ0v) is 15.1. The van der Waals surface area contributed by atoms with Gasteiger partial charge in [-0.1, -0.05) is 12.1 Å². The van der Waals surface area contributed by atoms with E-state index in [2.05, 4.69) is 0 Å². The van der Waals surface area contributed by atoms with Gasteiger partial charge in [-0.15, -0.1) is 0 Å². The van der Waals surface area contributed by atoms with Crippen LogP contribution in [0, 0.1) is 0 Å². The number of hydrogen-bond acceptors (Lipinski definition) is 6. The molecule has 4 N–H and O–H groups in total. The first-order valence-corrected chi connectivity index (χ1v) is 8.79. The Hall–Kier alpha value is -3.80. The fourth-order valence-corrected chi connectivity index (χ4v) is 2.81. The van der Waals surface area contributed by atoms with Crippen molar-refractivity contribution in [2.24, 2.45) is 0 Å². The Bertz CT molecular complexity index is 955. The van der Waals surface area contributed by atoms with E-state index in [-0.39, 0.29) is 0 Å². The van der Waals surface area contributed by atoms with E-state index in [0.717, 1.165) is 22.6 Å². The normalized spacial score (nSPS) is 10.7. The molecule has 2 aromatic heterocycles. The molecule has 0 saturated heterocycles. The van der Waals surface area contributed by atoms with E-state index in [0.29, 0.717) is 36.1 Å². The van der Waals surface area contributed by atoms with E-state index in [1.54, 1.807) is 12.5 Å². The number of anilines is 2. The second-order valence-corrected chi connectivity index (χ2v) is 6.24. The van der Waals surface area contributed by atoms with Crippen LogP contribution in [-0.4, -0.2) is 0 Å². The van der Waals surface area contributed by atoms with Gasteiger partial charge in [-0.3, -0.25) is 0 Å². The van der Waals surface area contributed by atoms with Crippen molar-refractivity contribution in [2.45, 2.75) is 13.2 Å². The van der Waals surface area contributed by atoms with Crippen molar-refractivity contribution >= 4 is 11.4 Å². The van der Waals surface area contributed by atoms with Crippen molar-refractivity contribution in [1.82, 2.24) is 0 Å². The number of hydrogen-bond donors (Lipinski definition) is 2. The van der Waals surface area contributed by atoms with Crippen molar-refractivity contribution in [3.8, 4) is 22.6 Å². The number of ether oxygens (including phenoxy) is 2. The maximum atomic E-state index is 6.15. The summed E-state index contributed by atoms with van der Waals surface area (Å²) in [6, 6.07) is 18.6. The molecule has 0 amide bonds. The lowest BCUT2D eigenvalue weighted by atomic mass is 10.0. The minimum Gasteiger partial charge on any atom is -0.483 e. The summed E-state index contributed by atoms with van der Waals surface area (Å²) in [7, 11) is 0. The fourth-order valence-electron chi connectivity index (χ4n) is 2.81. The maximum absolute atomic E-state index is 6.15. The fraction of sp³-hybridized carbons (Fsp3) is 0.0909. The zero-order chi connectivity index (χ0) is 19.3. The van der Waals surface area contributed by atoms with Gasteiger partial charge in [0.1, 0.15) is 36.2 Å². The van der Waals surface area contributed by atoms with Gasteiger partial charge < -0.3 is 29.8 Å². The minimum absolute atomic E-state index is 0.325. The largest absolute Gasteiger partial charge is 0.483 e. The summed E-state index contributed by atoms with van der Waals surface area (Å²) in [5, 5.41) is 0. The highest BCUT2D eigenvalue weighted by atomic mass is 16.5. The Morgan fingerprint density at radius 1 is 0.643 bits per heavy atom. The highest BCUT2D eigenvalue weighted by molar-refractivity contribution is 5.74. The van der Waals surface area contributed by atoms with Crippen LogP contribution in [0.3, 0.4) is 0 Å². The van der Waals surface area contributed by atoms with E-state index in [1.165, 1.54) is 0 Å². The second kappa shape index (κ2) is 7.84. The lowest BCUT2D eigenvalue weighted by Gasteiger charge is -2.12. The molecule has 0 radical (unpaired) electrons. The van der Waals surface area contributed by atoms with Crippen LogP contribution in [0.25, 0.3) is 11.1 Å². The zero-order valence-electron chi connectivity index (χ0n) is 15.1. The van der Waals surface area contributed by atoms with Crippen LogP contribution < -0.4 is 20.9 Å². The standard InChI is InChI=1S/C22H20N2O4/c23-19-11-15(5-7-21(19)27-13-17-3-1-9-25-17)16-6-8-22(20(24)12-16)28-14-18-4-2-10-26-18/h1-12H,13-14,23-24H2. The van der Waals surface area contributed by atoms with Crippen molar-refractivity contribution in [2.75, 3.05) is 11.5 Å². The lowest BCUT2D eigenvalue weighted by molar-refractivity contribution is 0.271. The Balaban J connectivity index is 1.45. The Kier molecular flexibility index (Phi) is 4.93. The molecule has 0 aliphatic carbocycles.